The molecule has 0 fully saturated rings. The molecule has 0 aromatic heterocycles. The Morgan fingerprint density at radius 2 is 2.11 bits per heavy atom. The third-order valence-electron chi connectivity index (χ3n) is 3.09. The van der Waals surface area contributed by atoms with Gasteiger partial charge < -0.3 is 15.2 Å². The normalized spacial score (nSPS) is 17.4. The number of esters is 1. The molecule has 1 unspecified atom stereocenters. The number of hydrogen-bond donors (Lipinski definition) is 1. The molecule has 2 rings (SSSR count). The summed E-state index contributed by atoms with van der Waals surface area (Å²) in [7, 11) is 0. The van der Waals surface area contributed by atoms with Crippen molar-refractivity contribution in [3.8, 4) is 5.75 Å². The molecule has 1 aliphatic carbocycles. The van der Waals surface area contributed by atoms with Crippen molar-refractivity contribution in [3.63, 3.8) is 0 Å². The van der Waals surface area contributed by atoms with Gasteiger partial charge >= 0.3 is 5.97 Å². The molecule has 98 valence electrons. The zero-order valence-electron chi connectivity index (χ0n) is 10.9. The highest BCUT2D eigenvalue weighted by atomic mass is 16.5. The van der Waals surface area contributed by atoms with E-state index in [0.717, 1.165) is 18.4 Å². The first-order valence-electron chi connectivity index (χ1n) is 6.37. The maximum Gasteiger partial charge on any atom is 0.341 e. The molecular weight excluding hydrogens is 230 g/mol. The van der Waals surface area contributed by atoms with Crippen molar-refractivity contribution in [1.82, 2.24) is 0 Å². The van der Waals surface area contributed by atoms with Gasteiger partial charge in [0, 0.05) is 6.04 Å². The first-order valence-corrected chi connectivity index (χ1v) is 6.37. The summed E-state index contributed by atoms with van der Waals surface area (Å²) in [5.41, 5.74) is 8.71. The Kier molecular flexibility index (Phi) is 3.87. The molecule has 2 N–H and O–H groups in total. The van der Waals surface area contributed by atoms with Crippen LogP contribution in [0.1, 0.15) is 35.3 Å². The summed E-state index contributed by atoms with van der Waals surface area (Å²) in [5.74, 6) is 0.325. The second-order valence-electron chi connectivity index (χ2n) is 4.40. The molecule has 1 atom stereocenters. The maximum atomic E-state index is 11.9. The standard InChI is InChI=1S/C14H19NO3/c1-3-17-13-11(14(16)18-4-2)6-5-9-7-10(15)8-12(9)13/h5-6,10H,3-4,7-8,15H2,1-2H3. The molecular formula is C14H19NO3. The van der Waals surface area contributed by atoms with E-state index in [9.17, 15) is 4.79 Å². The molecule has 0 bridgehead atoms. The minimum Gasteiger partial charge on any atom is -0.493 e. The number of benzene rings is 1. The van der Waals surface area contributed by atoms with Crippen molar-refractivity contribution in [2.75, 3.05) is 13.2 Å². The Morgan fingerprint density at radius 3 is 2.78 bits per heavy atom. The average molecular weight is 249 g/mol. The second kappa shape index (κ2) is 5.40. The van der Waals surface area contributed by atoms with Crippen LogP contribution in [0.4, 0.5) is 0 Å². The van der Waals surface area contributed by atoms with Crippen LogP contribution >= 0.6 is 0 Å². The van der Waals surface area contributed by atoms with Gasteiger partial charge in [-0.15, -0.1) is 0 Å². The predicted molar refractivity (Wildman–Crippen MR) is 69.0 cm³/mol. The molecule has 0 amide bonds. The van der Waals surface area contributed by atoms with E-state index in [0.29, 0.717) is 24.5 Å². The van der Waals surface area contributed by atoms with Crippen LogP contribution in [-0.4, -0.2) is 25.2 Å². The number of ether oxygens (including phenoxy) is 2. The summed E-state index contributed by atoms with van der Waals surface area (Å²) in [6.45, 7) is 4.59. The van der Waals surface area contributed by atoms with Gasteiger partial charge in [0.25, 0.3) is 0 Å². The highest BCUT2D eigenvalue weighted by molar-refractivity contribution is 5.93. The summed E-state index contributed by atoms with van der Waals surface area (Å²) in [4.78, 5) is 11.9. The Labute approximate surface area is 107 Å². The van der Waals surface area contributed by atoms with Crippen molar-refractivity contribution in [1.29, 1.82) is 0 Å². The van der Waals surface area contributed by atoms with E-state index in [1.807, 2.05) is 13.0 Å². The van der Waals surface area contributed by atoms with Crippen LogP contribution < -0.4 is 10.5 Å². The second-order valence-corrected chi connectivity index (χ2v) is 4.40. The van der Waals surface area contributed by atoms with Gasteiger partial charge in [0.05, 0.1) is 13.2 Å². The fourth-order valence-corrected chi connectivity index (χ4v) is 2.38. The quantitative estimate of drug-likeness (QED) is 0.825. The monoisotopic (exact) mass is 249 g/mol. The van der Waals surface area contributed by atoms with E-state index in [2.05, 4.69) is 0 Å². The Bertz CT molecular complexity index is 457. The van der Waals surface area contributed by atoms with Crippen LogP contribution in [0.5, 0.6) is 5.75 Å². The van der Waals surface area contributed by atoms with Crippen LogP contribution in [0.25, 0.3) is 0 Å². The lowest BCUT2D eigenvalue weighted by molar-refractivity contribution is 0.0521. The van der Waals surface area contributed by atoms with Gasteiger partial charge in [-0.05, 0) is 43.9 Å². The number of nitrogens with two attached hydrogens (primary N) is 1. The van der Waals surface area contributed by atoms with Gasteiger partial charge in [-0.1, -0.05) is 6.07 Å². The van der Waals surface area contributed by atoms with Crippen molar-refractivity contribution < 1.29 is 14.3 Å². The molecule has 0 radical (unpaired) electrons. The summed E-state index contributed by atoms with van der Waals surface area (Å²) in [6, 6.07) is 3.85. The largest absolute Gasteiger partial charge is 0.493 e. The van der Waals surface area contributed by atoms with Crippen molar-refractivity contribution in [2.45, 2.75) is 32.7 Å². The number of hydrogen-bond acceptors (Lipinski definition) is 4. The fraction of sp³-hybridized carbons (Fsp3) is 0.500. The van der Waals surface area contributed by atoms with Crippen molar-refractivity contribution >= 4 is 5.97 Å². The minimum atomic E-state index is -0.329. The highest BCUT2D eigenvalue weighted by Gasteiger charge is 2.26. The van der Waals surface area contributed by atoms with Gasteiger partial charge in [-0.2, -0.15) is 0 Å². The number of carbonyl (C=O) groups excluding carboxylic acids is 1. The molecule has 0 heterocycles. The SMILES string of the molecule is CCOC(=O)c1ccc2c(c1OCC)CC(N)C2. The number of carbonyl (C=O) groups is 1. The van der Waals surface area contributed by atoms with Crippen molar-refractivity contribution in [2.24, 2.45) is 5.73 Å². The van der Waals surface area contributed by atoms with Crippen LogP contribution in [0.15, 0.2) is 12.1 Å². The molecule has 4 heteroatoms. The summed E-state index contributed by atoms with van der Waals surface area (Å²) < 4.78 is 10.7. The van der Waals surface area contributed by atoms with E-state index >= 15 is 0 Å². The van der Waals surface area contributed by atoms with Gasteiger partial charge in [0.1, 0.15) is 11.3 Å². The molecule has 0 spiro atoms. The van der Waals surface area contributed by atoms with Crippen LogP contribution in [0.3, 0.4) is 0 Å². The van der Waals surface area contributed by atoms with E-state index in [1.165, 1.54) is 5.56 Å². The molecule has 0 saturated heterocycles. The van der Waals surface area contributed by atoms with Gasteiger partial charge in [0.2, 0.25) is 0 Å². The Morgan fingerprint density at radius 1 is 1.33 bits per heavy atom. The van der Waals surface area contributed by atoms with Crippen LogP contribution in [0, 0.1) is 0 Å². The lowest BCUT2D eigenvalue weighted by Gasteiger charge is -2.13. The number of rotatable bonds is 4. The topological polar surface area (TPSA) is 61.5 Å². The lowest BCUT2D eigenvalue weighted by Crippen LogP contribution is -2.19. The molecule has 18 heavy (non-hydrogen) atoms. The molecule has 1 aromatic rings. The zero-order valence-corrected chi connectivity index (χ0v) is 10.9. The lowest BCUT2D eigenvalue weighted by atomic mass is 10.0. The van der Waals surface area contributed by atoms with Gasteiger partial charge in [-0.25, -0.2) is 4.79 Å². The summed E-state index contributed by atoms with van der Waals surface area (Å²) in [6.07, 6.45) is 1.61. The minimum absolute atomic E-state index is 0.122. The maximum absolute atomic E-state index is 11.9. The van der Waals surface area contributed by atoms with Crippen LogP contribution in [-0.2, 0) is 17.6 Å². The fourth-order valence-electron chi connectivity index (χ4n) is 2.38. The van der Waals surface area contributed by atoms with E-state index in [1.54, 1.807) is 13.0 Å². The van der Waals surface area contributed by atoms with Crippen molar-refractivity contribution in [3.05, 3.63) is 28.8 Å². The molecule has 0 aliphatic heterocycles. The highest BCUT2D eigenvalue weighted by Crippen LogP contribution is 2.34. The smallest absolute Gasteiger partial charge is 0.341 e. The van der Waals surface area contributed by atoms with Crippen LogP contribution in [0.2, 0.25) is 0 Å². The first-order chi connectivity index (χ1) is 8.67. The first kappa shape index (κ1) is 12.9. The molecule has 0 saturated carbocycles. The Balaban J connectivity index is 2.42. The third-order valence-corrected chi connectivity index (χ3v) is 3.09. The number of fused-ring (bicyclic) bond motifs is 1. The molecule has 1 aliphatic rings. The average Bonchev–Trinajstić information content (AvgIpc) is 2.71. The molecule has 4 nitrogen and oxygen atoms in total. The van der Waals surface area contributed by atoms with Gasteiger partial charge in [-0.3, -0.25) is 0 Å². The zero-order chi connectivity index (χ0) is 13.1. The summed E-state index contributed by atoms with van der Waals surface area (Å²) in [5, 5.41) is 0. The third kappa shape index (κ3) is 2.34. The van der Waals surface area contributed by atoms with E-state index < -0.39 is 0 Å². The van der Waals surface area contributed by atoms with E-state index in [-0.39, 0.29) is 12.0 Å². The van der Waals surface area contributed by atoms with Gasteiger partial charge in [0.15, 0.2) is 0 Å². The predicted octanol–water partition coefficient (Wildman–Crippen LogP) is 1.69. The van der Waals surface area contributed by atoms with E-state index in [4.69, 9.17) is 15.2 Å². The molecule has 1 aromatic carbocycles. The Hall–Kier alpha value is -1.55. The summed E-state index contributed by atoms with van der Waals surface area (Å²) >= 11 is 0.